The third-order valence-corrected chi connectivity index (χ3v) is 2.93. The number of hydrogen-bond acceptors (Lipinski definition) is 5. The van der Waals surface area contributed by atoms with Gasteiger partial charge in [-0.05, 0) is 24.1 Å². The number of thioether (sulfide) groups is 1. The highest BCUT2D eigenvalue weighted by atomic mass is 32.2. The molecule has 0 saturated heterocycles. The lowest BCUT2D eigenvalue weighted by atomic mass is 10.2. The van der Waals surface area contributed by atoms with E-state index in [-0.39, 0.29) is 10.8 Å². The second-order valence-electron chi connectivity index (χ2n) is 3.50. The molecule has 96 valence electrons. The Morgan fingerprint density at radius 1 is 1.50 bits per heavy atom. The molecule has 0 fully saturated rings. The van der Waals surface area contributed by atoms with Gasteiger partial charge in [-0.3, -0.25) is 4.79 Å². The van der Waals surface area contributed by atoms with Crippen LogP contribution in [0.3, 0.4) is 0 Å². The summed E-state index contributed by atoms with van der Waals surface area (Å²) in [7, 11) is 1.32. The van der Waals surface area contributed by atoms with Gasteiger partial charge in [0.05, 0.1) is 7.11 Å². The van der Waals surface area contributed by atoms with E-state index in [1.165, 1.54) is 18.9 Å². The highest BCUT2D eigenvalue weighted by molar-refractivity contribution is 8.13. The number of hydrogen-bond donors (Lipinski definition) is 0. The molecule has 5 heteroatoms. The predicted molar refractivity (Wildman–Crippen MR) is 72.4 cm³/mol. The Balaban J connectivity index is 2.54. The zero-order chi connectivity index (χ0) is 13.4. The van der Waals surface area contributed by atoms with Crippen molar-refractivity contribution in [3.8, 4) is 0 Å². The Bertz CT molecular complexity index is 457. The van der Waals surface area contributed by atoms with Gasteiger partial charge < -0.3 is 4.74 Å². The molecule has 18 heavy (non-hydrogen) atoms. The molecule has 0 aliphatic heterocycles. The average Bonchev–Trinajstić information content (AvgIpc) is 2.37. The van der Waals surface area contributed by atoms with Crippen LogP contribution >= 0.6 is 11.8 Å². The molecule has 1 aromatic heterocycles. The highest BCUT2D eigenvalue weighted by Gasteiger charge is 2.05. The molecule has 0 amide bonds. The van der Waals surface area contributed by atoms with Crippen LogP contribution in [-0.4, -0.2) is 28.9 Å². The quantitative estimate of drug-likeness (QED) is 0.605. The number of ether oxygens (including phenoxy) is 1. The van der Waals surface area contributed by atoms with Crippen LogP contribution in [0.5, 0.6) is 0 Å². The van der Waals surface area contributed by atoms with Gasteiger partial charge in [0.25, 0.3) is 0 Å². The van der Waals surface area contributed by atoms with E-state index in [4.69, 9.17) is 0 Å². The maximum absolute atomic E-state index is 11.3. The lowest BCUT2D eigenvalue weighted by molar-refractivity contribution is -0.109. The number of carbonyl (C=O) groups is 2. The Labute approximate surface area is 110 Å². The standard InChI is InChI=1S/C13H15NO3S/c1-10(15)18-8-4-3-5-11-6-7-14-12(9-11)13(16)17-2/h3,5-7,9H,4,8H2,1-2H3. The summed E-state index contributed by atoms with van der Waals surface area (Å²) in [6, 6.07) is 3.47. The number of allylic oxidation sites excluding steroid dienone is 1. The molecule has 0 aliphatic rings. The summed E-state index contributed by atoms with van der Waals surface area (Å²) >= 11 is 1.30. The summed E-state index contributed by atoms with van der Waals surface area (Å²) in [6.45, 7) is 1.56. The average molecular weight is 265 g/mol. The minimum Gasteiger partial charge on any atom is -0.464 e. The molecular formula is C13H15NO3S. The molecule has 0 aliphatic carbocycles. The van der Waals surface area contributed by atoms with Crippen LogP contribution in [0, 0.1) is 0 Å². The summed E-state index contributed by atoms with van der Waals surface area (Å²) in [4.78, 5) is 25.9. The Kier molecular flexibility index (Phi) is 6.14. The van der Waals surface area contributed by atoms with Crippen LogP contribution < -0.4 is 0 Å². The maximum atomic E-state index is 11.3. The van der Waals surface area contributed by atoms with Crippen molar-refractivity contribution in [3.63, 3.8) is 0 Å². The van der Waals surface area contributed by atoms with Gasteiger partial charge in [-0.1, -0.05) is 23.9 Å². The summed E-state index contributed by atoms with van der Waals surface area (Å²) in [5, 5.41) is 0.125. The van der Waals surface area contributed by atoms with Crippen LogP contribution in [0.25, 0.3) is 6.08 Å². The van der Waals surface area contributed by atoms with E-state index in [2.05, 4.69) is 9.72 Å². The smallest absolute Gasteiger partial charge is 0.356 e. The molecule has 0 aromatic carbocycles. The van der Waals surface area contributed by atoms with Gasteiger partial charge >= 0.3 is 5.97 Å². The Hall–Kier alpha value is -1.62. The number of carbonyl (C=O) groups excluding carboxylic acids is 2. The van der Waals surface area contributed by atoms with E-state index in [1.54, 1.807) is 25.3 Å². The van der Waals surface area contributed by atoms with Crippen LogP contribution in [0.1, 0.15) is 29.4 Å². The van der Waals surface area contributed by atoms with Gasteiger partial charge in [0.15, 0.2) is 5.12 Å². The first kappa shape index (κ1) is 14.4. The first-order valence-corrected chi connectivity index (χ1v) is 6.46. The molecule has 0 radical (unpaired) electrons. The first-order chi connectivity index (χ1) is 8.63. The maximum Gasteiger partial charge on any atom is 0.356 e. The van der Waals surface area contributed by atoms with E-state index in [9.17, 15) is 9.59 Å². The molecule has 1 heterocycles. The fraction of sp³-hybridized carbons (Fsp3) is 0.308. The molecule has 0 atom stereocenters. The molecule has 0 spiro atoms. The van der Waals surface area contributed by atoms with Crippen molar-refractivity contribution >= 4 is 28.9 Å². The zero-order valence-corrected chi connectivity index (χ0v) is 11.2. The second-order valence-corrected chi connectivity index (χ2v) is 4.77. The monoisotopic (exact) mass is 265 g/mol. The number of methoxy groups -OCH3 is 1. The molecule has 1 rings (SSSR count). The molecule has 0 N–H and O–H groups in total. The molecule has 0 saturated carbocycles. The number of aromatic nitrogens is 1. The fourth-order valence-corrected chi connectivity index (χ4v) is 1.80. The van der Waals surface area contributed by atoms with Gasteiger partial charge in [-0.25, -0.2) is 9.78 Å². The van der Waals surface area contributed by atoms with Gasteiger partial charge in [-0.2, -0.15) is 0 Å². The van der Waals surface area contributed by atoms with E-state index in [0.717, 1.165) is 17.7 Å². The lowest BCUT2D eigenvalue weighted by Crippen LogP contribution is -2.03. The van der Waals surface area contributed by atoms with Crippen molar-refractivity contribution in [3.05, 3.63) is 35.7 Å². The number of esters is 1. The summed E-state index contributed by atoms with van der Waals surface area (Å²) < 4.78 is 4.59. The number of rotatable bonds is 5. The van der Waals surface area contributed by atoms with E-state index >= 15 is 0 Å². The molecular weight excluding hydrogens is 250 g/mol. The third-order valence-electron chi connectivity index (χ3n) is 2.08. The van der Waals surface area contributed by atoms with Gasteiger partial charge in [0.1, 0.15) is 5.69 Å². The topological polar surface area (TPSA) is 56.3 Å². The van der Waals surface area contributed by atoms with Gasteiger partial charge in [0, 0.05) is 18.9 Å². The molecule has 4 nitrogen and oxygen atoms in total. The third kappa shape index (κ3) is 5.14. The fourth-order valence-electron chi connectivity index (χ4n) is 1.26. The van der Waals surface area contributed by atoms with Gasteiger partial charge in [0.2, 0.25) is 0 Å². The molecule has 0 unspecified atom stereocenters. The van der Waals surface area contributed by atoms with Crippen molar-refractivity contribution < 1.29 is 14.3 Å². The van der Waals surface area contributed by atoms with Crippen molar-refractivity contribution in [1.29, 1.82) is 0 Å². The van der Waals surface area contributed by atoms with Crippen molar-refractivity contribution in [2.45, 2.75) is 13.3 Å². The number of nitrogens with zero attached hydrogens (tertiary/aromatic N) is 1. The normalized spacial score (nSPS) is 10.6. The van der Waals surface area contributed by atoms with E-state index in [0.29, 0.717) is 0 Å². The summed E-state index contributed by atoms with van der Waals surface area (Å²) in [6.07, 6.45) is 6.23. The Morgan fingerprint density at radius 2 is 2.28 bits per heavy atom. The van der Waals surface area contributed by atoms with Crippen molar-refractivity contribution in [2.75, 3.05) is 12.9 Å². The SMILES string of the molecule is COC(=O)c1cc(C=CCCSC(C)=O)ccn1. The zero-order valence-electron chi connectivity index (χ0n) is 10.4. The van der Waals surface area contributed by atoms with Gasteiger partial charge in [-0.15, -0.1) is 0 Å². The van der Waals surface area contributed by atoms with Crippen LogP contribution in [0.2, 0.25) is 0 Å². The van der Waals surface area contributed by atoms with Crippen LogP contribution in [0.15, 0.2) is 24.4 Å². The molecule has 0 bridgehead atoms. The molecule has 1 aromatic rings. The number of pyridine rings is 1. The van der Waals surface area contributed by atoms with E-state index < -0.39 is 5.97 Å². The minimum atomic E-state index is -0.447. The Morgan fingerprint density at radius 3 is 2.94 bits per heavy atom. The largest absolute Gasteiger partial charge is 0.464 e. The van der Waals surface area contributed by atoms with Crippen LogP contribution in [0.4, 0.5) is 0 Å². The second kappa shape index (κ2) is 7.66. The summed E-state index contributed by atoms with van der Waals surface area (Å²) in [5.74, 6) is 0.318. The highest BCUT2D eigenvalue weighted by Crippen LogP contribution is 2.08. The first-order valence-electron chi connectivity index (χ1n) is 5.47. The van der Waals surface area contributed by atoms with Crippen LogP contribution in [-0.2, 0) is 9.53 Å². The minimum absolute atomic E-state index is 0.125. The van der Waals surface area contributed by atoms with E-state index in [1.807, 2.05) is 12.2 Å². The lowest BCUT2D eigenvalue weighted by Gasteiger charge is -1.99. The summed E-state index contributed by atoms with van der Waals surface area (Å²) in [5.41, 5.74) is 1.18. The predicted octanol–water partition coefficient (Wildman–Crippen LogP) is 2.55. The van der Waals surface area contributed by atoms with Crippen molar-refractivity contribution in [2.24, 2.45) is 0 Å². The van der Waals surface area contributed by atoms with Crippen molar-refractivity contribution in [1.82, 2.24) is 4.98 Å².